The molecule has 1 rings (SSSR count). The van der Waals surface area contributed by atoms with Gasteiger partial charge in [0.2, 0.25) is 0 Å². The van der Waals surface area contributed by atoms with Crippen LogP contribution in [0.5, 0.6) is 0 Å². The van der Waals surface area contributed by atoms with Crippen LogP contribution in [0, 0.1) is 0 Å². The molecule has 0 aliphatic heterocycles. The molecule has 0 heterocycles. The van der Waals surface area contributed by atoms with Crippen LogP contribution < -0.4 is 11.3 Å². The van der Waals surface area contributed by atoms with Crippen LogP contribution in [0.4, 0.5) is 0 Å². The highest BCUT2D eigenvalue weighted by Crippen LogP contribution is 2.14. The molecule has 118 valence electrons. The second-order valence-corrected chi connectivity index (χ2v) is 4.90. The number of hydrogen-bond donors (Lipinski definition) is 2. The number of hydrazine groups is 1. The third-order valence-corrected chi connectivity index (χ3v) is 3.38. The van der Waals surface area contributed by atoms with Crippen LogP contribution in [-0.2, 0) is 16.0 Å². The van der Waals surface area contributed by atoms with Gasteiger partial charge in [0.25, 0.3) is 5.91 Å². The zero-order chi connectivity index (χ0) is 15.7. The number of amides is 1. The van der Waals surface area contributed by atoms with Crippen LogP contribution in [0.2, 0.25) is 0 Å². The molecule has 1 aromatic carbocycles. The second kappa shape index (κ2) is 9.46. The van der Waals surface area contributed by atoms with E-state index in [1.165, 1.54) is 0 Å². The fourth-order valence-corrected chi connectivity index (χ4v) is 2.19. The first-order valence-electron chi connectivity index (χ1n) is 6.94. The lowest BCUT2D eigenvalue weighted by Crippen LogP contribution is -2.39. The van der Waals surface area contributed by atoms with Gasteiger partial charge in [-0.15, -0.1) is 0 Å². The number of carbonyl (C=O) groups excluding carboxylic acids is 1. The number of nitrogens with zero attached hydrogens (tertiary/aromatic N) is 1. The number of hydrogen-bond acceptors (Lipinski definition) is 5. The van der Waals surface area contributed by atoms with Crippen LogP contribution >= 0.6 is 0 Å². The zero-order valence-corrected chi connectivity index (χ0v) is 13.0. The van der Waals surface area contributed by atoms with E-state index in [1.807, 2.05) is 18.2 Å². The van der Waals surface area contributed by atoms with Gasteiger partial charge in [-0.2, -0.15) is 0 Å². The normalized spacial score (nSPS) is 12.4. The predicted molar refractivity (Wildman–Crippen MR) is 81.7 cm³/mol. The first-order chi connectivity index (χ1) is 10.1. The van der Waals surface area contributed by atoms with Crippen molar-refractivity contribution < 1.29 is 14.3 Å². The van der Waals surface area contributed by atoms with E-state index in [1.54, 1.807) is 20.3 Å². The van der Waals surface area contributed by atoms with Crippen molar-refractivity contribution in [3.63, 3.8) is 0 Å². The van der Waals surface area contributed by atoms with Gasteiger partial charge >= 0.3 is 0 Å². The summed E-state index contributed by atoms with van der Waals surface area (Å²) in [4.78, 5) is 14.0. The van der Waals surface area contributed by atoms with E-state index >= 15 is 0 Å². The standard InChI is InChI=1S/C15H25N3O3/c1-12(11-21-3)18(8-9-20-2)10-13-6-4-5-7-14(13)15(19)17-16/h4-7,12H,8-11,16H2,1-3H3,(H,17,19). The van der Waals surface area contributed by atoms with Crippen molar-refractivity contribution in [3.8, 4) is 0 Å². The number of nitrogen functional groups attached to an aromatic ring is 1. The minimum atomic E-state index is -0.281. The molecule has 21 heavy (non-hydrogen) atoms. The van der Waals surface area contributed by atoms with Crippen molar-refractivity contribution in [1.29, 1.82) is 0 Å². The van der Waals surface area contributed by atoms with Crippen molar-refractivity contribution in [2.45, 2.75) is 19.5 Å². The first-order valence-corrected chi connectivity index (χ1v) is 6.94. The van der Waals surface area contributed by atoms with Gasteiger partial charge in [-0.3, -0.25) is 15.1 Å². The molecular weight excluding hydrogens is 270 g/mol. The van der Waals surface area contributed by atoms with E-state index < -0.39 is 0 Å². The van der Waals surface area contributed by atoms with Crippen LogP contribution in [0.25, 0.3) is 0 Å². The summed E-state index contributed by atoms with van der Waals surface area (Å²) in [5.41, 5.74) is 3.71. The molecule has 0 aliphatic carbocycles. The van der Waals surface area contributed by atoms with Crippen LogP contribution in [-0.4, -0.2) is 50.8 Å². The molecule has 3 N–H and O–H groups in total. The number of rotatable bonds is 9. The molecule has 0 aromatic heterocycles. The highest BCUT2D eigenvalue weighted by atomic mass is 16.5. The van der Waals surface area contributed by atoms with E-state index in [4.69, 9.17) is 15.3 Å². The lowest BCUT2D eigenvalue weighted by molar-refractivity contribution is 0.0701. The van der Waals surface area contributed by atoms with Gasteiger partial charge in [0.05, 0.1) is 13.2 Å². The van der Waals surface area contributed by atoms with Crippen LogP contribution in [0.3, 0.4) is 0 Å². The molecule has 0 saturated heterocycles. The summed E-state index contributed by atoms with van der Waals surface area (Å²) < 4.78 is 10.4. The fourth-order valence-electron chi connectivity index (χ4n) is 2.19. The topological polar surface area (TPSA) is 76.8 Å². The highest BCUT2D eigenvalue weighted by Gasteiger charge is 2.17. The van der Waals surface area contributed by atoms with Crippen molar-refractivity contribution in [3.05, 3.63) is 35.4 Å². The maximum atomic E-state index is 11.8. The molecule has 0 saturated carbocycles. The van der Waals surface area contributed by atoms with E-state index in [0.717, 1.165) is 12.1 Å². The highest BCUT2D eigenvalue weighted by molar-refractivity contribution is 5.95. The summed E-state index contributed by atoms with van der Waals surface area (Å²) in [6, 6.07) is 7.67. The minimum Gasteiger partial charge on any atom is -0.383 e. The Hall–Kier alpha value is -1.47. The summed E-state index contributed by atoms with van der Waals surface area (Å²) in [5, 5.41) is 0. The third-order valence-electron chi connectivity index (χ3n) is 3.38. The number of nitrogens with two attached hydrogens (primary N) is 1. The third kappa shape index (κ3) is 5.43. The average Bonchev–Trinajstić information content (AvgIpc) is 2.51. The Kier molecular flexibility index (Phi) is 7.92. The smallest absolute Gasteiger partial charge is 0.265 e. The van der Waals surface area contributed by atoms with E-state index in [9.17, 15) is 4.79 Å². The molecule has 6 nitrogen and oxygen atoms in total. The average molecular weight is 295 g/mol. The Labute approximate surface area is 126 Å². The van der Waals surface area contributed by atoms with Gasteiger partial charge in [-0.1, -0.05) is 18.2 Å². The Bertz CT molecular complexity index is 440. The van der Waals surface area contributed by atoms with E-state index in [-0.39, 0.29) is 11.9 Å². The molecule has 0 bridgehead atoms. The summed E-state index contributed by atoms with van der Waals surface area (Å²) in [6.07, 6.45) is 0. The predicted octanol–water partition coefficient (Wildman–Crippen LogP) is 0.773. The Morgan fingerprint density at radius 3 is 2.67 bits per heavy atom. The summed E-state index contributed by atoms with van der Waals surface area (Å²) in [5.74, 6) is 4.96. The SMILES string of the molecule is COCCN(Cc1ccccc1C(=O)NN)C(C)COC. The van der Waals surface area contributed by atoms with Crippen LogP contribution in [0.15, 0.2) is 24.3 Å². The Morgan fingerprint density at radius 1 is 1.33 bits per heavy atom. The van der Waals surface area contributed by atoms with Gasteiger partial charge < -0.3 is 9.47 Å². The molecule has 1 unspecified atom stereocenters. The van der Waals surface area contributed by atoms with Gasteiger partial charge in [0, 0.05) is 38.9 Å². The summed E-state index contributed by atoms with van der Waals surface area (Å²) in [6.45, 7) is 4.73. The number of methoxy groups -OCH3 is 2. The minimum absolute atomic E-state index is 0.221. The number of ether oxygens (including phenoxy) is 2. The molecule has 1 atom stereocenters. The molecule has 1 amide bonds. The Balaban J connectivity index is 2.89. The maximum absolute atomic E-state index is 11.8. The molecular formula is C15H25N3O3. The fraction of sp³-hybridized carbons (Fsp3) is 0.533. The number of benzene rings is 1. The summed E-state index contributed by atoms with van der Waals surface area (Å²) in [7, 11) is 3.36. The van der Waals surface area contributed by atoms with Gasteiger partial charge in [0.1, 0.15) is 0 Å². The van der Waals surface area contributed by atoms with Crippen molar-refractivity contribution >= 4 is 5.91 Å². The monoisotopic (exact) mass is 295 g/mol. The molecule has 0 radical (unpaired) electrons. The van der Waals surface area contributed by atoms with Crippen molar-refractivity contribution in [2.24, 2.45) is 5.84 Å². The molecule has 0 fully saturated rings. The zero-order valence-electron chi connectivity index (χ0n) is 13.0. The number of carbonyl (C=O) groups is 1. The second-order valence-electron chi connectivity index (χ2n) is 4.90. The largest absolute Gasteiger partial charge is 0.383 e. The number of nitrogens with one attached hydrogen (secondary N) is 1. The molecule has 1 aromatic rings. The molecule has 6 heteroatoms. The van der Waals surface area contributed by atoms with Crippen molar-refractivity contribution in [2.75, 3.05) is 34.0 Å². The lowest BCUT2D eigenvalue weighted by atomic mass is 10.1. The van der Waals surface area contributed by atoms with Crippen LogP contribution in [0.1, 0.15) is 22.8 Å². The molecule has 0 spiro atoms. The van der Waals surface area contributed by atoms with Gasteiger partial charge in [0.15, 0.2) is 0 Å². The quantitative estimate of drug-likeness (QED) is 0.400. The lowest BCUT2D eigenvalue weighted by Gasteiger charge is -2.29. The van der Waals surface area contributed by atoms with Gasteiger partial charge in [-0.05, 0) is 18.6 Å². The van der Waals surface area contributed by atoms with Gasteiger partial charge in [-0.25, -0.2) is 5.84 Å². The van der Waals surface area contributed by atoms with E-state index in [0.29, 0.717) is 25.3 Å². The first kappa shape index (κ1) is 17.6. The Morgan fingerprint density at radius 2 is 2.05 bits per heavy atom. The molecule has 0 aliphatic rings. The van der Waals surface area contributed by atoms with Crippen molar-refractivity contribution in [1.82, 2.24) is 10.3 Å². The summed E-state index contributed by atoms with van der Waals surface area (Å²) >= 11 is 0. The van der Waals surface area contributed by atoms with E-state index in [2.05, 4.69) is 17.2 Å². The maximum Gasteiger partial charge on any atom is 0.265 e.